The van der Waals surface area contributed by atoms with Gasteiger partial charge in [0.1, 0.15) is 6.07 Å². The van der Waals surface area contributed by atoms with Crippen LogP contribution < -0.4 is 9.62 Å². The Labute approximate surface area is 202 Å². The van der Waals surface area contributed by atoms with E-state index in [1.54, 1.807) is 13.2 Å². The van der Waals surface area contributed by atoms with Crippen molar-refractivity contribution in [2.24, 2.45) is 0 Å². The molecule has 0 unspecified atom stereocenters. The molecule has 0 radical (unpaired) electrons. The van der Waals surface area contributed by atoms with Crippen LogP contribution in [0.2, 0.25) is 0 Å². The van der Waals surface area contributed by atoms with Gasteiger partial charge in [-0.2, -0.15) is 5.26 Å². The van der Waals surface area contributed by atoms with Crippen LogP contribution in [0, 0.1) is 11.3 Å². The van der Waals surface area contributed by atoms with E-state index in [0.717, 1.165) is 23.9 Å². The Morgan fingerprint density at radius 1 is 1.00 bits per heavy atom. The van der Waals surface area contributed by atoms with Crippen LogP contribution in [0.25, 0.3) is 16.8 Å². The van der Waals surface area contributed by atoms with Crippen molar-refractivity contribution in [3.63, 3.8) is 0 Å². The molecule has 1 fully saturated rings. The Morgan fingerprint density at radius 2 is 1.68 bits per heavy atom. The van der Waals surface area contributed by atoms with E-state index in [0.29, 0.717) is 32.0 Å². The zero-order chi connectivity index (χ0) is 24.2. The number of nitrogens with one attached hydrogen (secondary N) is 1. The van der Waals surface area contributed by atoms with Crippen LogP contribution in [0.4, 0.5) is 5.69 Å². The zero-order valence-corrected chi connectivity index (χ0v) is 20.5. The third-order valence-corrected chi connectivity index (χ3v) is 6.98. The maximum absolute atomic E-state index is 12.6. The Kier molecular flexibility index (Phi) is 10.3. The van der Waals surface area contributed by atoms with Crippen LogP contribution in [-0.2, 0) is 24.2 Å². The van der Waals surface area contributed by atoms with Gasteiger partial charge in [0.2, 0.25) is 0 Å². The topological polar surface area (TPSA) is 101 Å². The Bertz CT molecular complexity index is 1110. The summed E-state index contributed by atoms with van der Waals surface area (Å²) in [5.41, 5.74) is 1.87. The molecule has 8 nitrogen and oxygen atoms in total. The van der Waals surface area contributed by atoms with E-state index in [4.69, 9.17) is 14.2 Å². The smallest absolute Gasteiger partial charge is 0.250 e. The lowest BCUT2D eigenvalue weighted by Gasteiger charge is -2.29. The first-order chi connectivity index (χ1) is 16.5. The van der Waals surface area contributed by atoms with Gasteiger partial charge in [0, 0.05) is 32.4 Å². The molecule has 0 spiro atoms. The number of sulfonamides is 1. The summed E-state index contributed by atoms with van der Waals surface area (Å²) in [6.07, 6.45) is 5.12. The van der Waals surface area contributed by atoms with Crippen molar-refractivity contribution >= 4 is 32.6 Å². The SMILES string of the molecule is COCCOCCOCCNS(=O)(=O)/C(C#N)=C/c1ccc2cc(N3CCCCC3)ccc2c1. The van der Waals surface area contributed by atoms with Crippen molar-refractivity contribution < 1.29 is 22.6 Å². The average Bonchev–Trinajstić information content (AvgIpc) is 2.86. The summed E-state index contributed by atoms with van der Waals surface area (Å²) in [7, 11) is -2.34. The number of methoxy groups -OCH3 is 1. The highest BCUT2D eigenvalue weighted by Crippen LogP contribution is 2.26. The minimum Gasteiger partial charge on any atom is -0.382 e. The number of hydrogen-bond donors (Lipinski definition) is 1. The van der Waals surface area contributed by atoms with Crippen LogP contribution in [-0.4, -0.2) is 68.2 Å². The number of anilines is 1. The summed E-state index contributed by atoms with van der Waals surface area (Å²) in [5.74, 6) is 0. The number of rotatable bonds is 13. The number of nitriles is 1. The summed E-state index contributed by atoms with van der Waals surface area (Å²) in [5, 5.41) is 11.5. The molecule has 1 aliphatic heterocycles. The van der Waals surface area contributed by atoms with Crippen LogP contribution in [0.5, 0.6) is 0 Å². The molecular weight excluding hydrogens is 454 g/mol. The average molecular weight is 488 g/mol. The second-order valence-electron chi connectivity index (χ2n) is 8.07. The van der Waals surface area contributed by atoms with Gasteiger partial charge in [-0.1, -0.05) is 18.2 Å². The molecule has 0 aliphatic carbocycles. The molecule has 1 heterocycles. The summed E-state index contributed by atoms with van der Waals surface area (Å²) in [6, 6.07) is 13.8. The van der Waals surface area contributed by atoms with Gasteiger partial charge in [-0.3, -0.25) is 0 Å². The lowest BCUT2D eigenvalue weighted by atomic mass is 10.0. The van der Waals surface area contributed by atoms with Crippen LogP contribution >= 0.6 is 0 Å². The molecule has 0 bridgehead atoms. The van der Waals surface area contributed by atoms with Crippen molar-refractivity contribution in [2.75, 3.05) is 64.7 Å². The van der Waals surface area contributed by atoms with Gasteiger partial charge in [0.25, 0.3) is 10.0 Å². The minimum atomic E-state index is -3.93. The van der Waals surface area contributed by atoms with Crippen molar-refractivity contribution in [3.05, 3.63) is 46.9 Å². The molecule has 1 saturated heterocycles. The number of hydrogen-bond acceptors (Lipinski definition) is 7. The normalized spacial score (nSPS) is 14.9. The second-order valence-corrected chi connectivity index (χ2v) is 9.81. The first-order valence-corrected chi connectivity index (χ1v) is 13.1. The number of allylic oxidation sites excluding steroid dienone is 1. The minimum absolute atomic E-state index is 0.0659. The molecule has 0 amide bonds. The second kappa shape index (κ2) is 13.4. The third-order valence-electron chi connectivity index (χ3n) is 5.61. The van der Waals surface area contributed by atoms with E-state index in [2.05, 4.69) is 21.8 Å². The lowest BCUT2D eigenvalue weighted by molar-refractivity contribution is 0.0263. The predicted molar refractivity (Wildman–Crippen MR) is 134 cm³/mol. The molecule has 184 valence electrons. The van der Waals surface area contributed by atoms with Gasteiger partial charge in [0.15, 0.2) is 4.91 Å². The monoisotopic (exact) mass is 487 g/mol. The van der Waals surface area contributed by atoms with Crippen molar-refractivity contribution in [2.45, 2.75) is 19.3 Å². The first kappa shape index (κ1) is 26.1. The van der Waals surface area contributed by atoms with E-state index in [-0.39, 0.29) is 18.1 Å². The molecule has 0 aromatic heterocycles. The molecule has 9 heteroatoms. The van der Waals surface area contributed by atoms with E-state index >= 15 is 0 Å². The van der Waals surface area contributed by atoms with Gasteiger partial charge in [-0.15, -0.1) is 0 Å². The predicted octanol–water partition coefficient (Wildman–Crippen LogP) is 3.29. The Balaban J connectivity index is 1.57. The molecule has 0 saturated carbocycles. The van der Waals surface area contributed by atoms with Gasteiger partial charge >= 0.3 is 0 Å². The maximum Gasteiger partial charge on any atom is 0.250 e. The highest BCUT2D eigenvalue weighted by Gasteiger charge is 2.17. The van der Waals surface area contributed by atoms with Gasteiger partial charge in [-0.25, -0.2) is 13.1 Å². The Hall–Kier alpha value is -2.48. The van der Waals surface area contributed by atoms with Crippen molar-refractivity contribution in [3.8, 4) is 6.07 Å². The number of piperidine rings is 1. The summed E-state index contributed by atoms with van der Waals surface area (Å²) < 4.78 is 43.0. The van der Waals surface area contributed by atoms with Crippen LogP contribution in [0.1, 0.15) is 24.8 Å². The number of fused-ring (bicyclic) bond motifs is 1. The van der Waals surface area contributed by atoms with Crippen molar-refractivity contribution in [1.82, 2.24) is 4.72 Å². The molecule has 3 rings (SSSR count). The van der Waals surface area contributed by atoms with Gasteiger partial charge in [0.05, 0.1) is 33.0 Å². The quantitative estimate of drug-likeness (QED) is 0.342. The van der Waals surface area contributed by atoms with Crippen LogP contribution in [0.15, 0.2) is 41.3 Å². The molecule has 2 aromatic carbocycles. The molecule has 0 atom stereocenters. The van der Waals surface area contributed by atoms with E-state index in [1.807, 2.05) is 24.3 Å². The number of ether oxygens (including phenoxy) is 3. The molecule has 34 heavy (non-hydrogen) atoms. The van der Waals surface area contributed by atoms with Crippen LogP contribution in [0.3, 0.4) is 0 Å². The first-order valence-electron chi connectivity index (χ1n) is 11.6. The summed E-state index contributed by atoms with van der Waals surface area (Å²) in [4.78, 5) is 2.07. The third kappa shape index (κ3) is 7.79. The fraction of sp³-hybridized carbons (Fsp3) is 0.480. The fourth-order valence-corrected chi connectivity index (χ4v) is 4.72. The zero-order valence-electron chi connectivity index (χ0n) is 19.7. The van der Waals surface area contributed by atoms with E-state index < -0.39 is 10.0 Å². The van der Waals surface area contributed by atoms with E-state index in [9.17, 15) is 13.7 Å². The highest BCUT2D eigenvalue weighted by molar-refractivity contribution is 7.93. The Morgan fingerprint density at radius 3 is 2.41 bits per heavy atom. The lowest BCUT2D eigenvalue weighted by Crippen LogP contribution is -2.29. The molecular formula is C25H33N3O5S. The molecule has 2 aromatic rings. The summed E-state index contributed by atoms with van der Waals surface area (Å²) >= 11 is 0. The number of nitrogens with zero attached hydrogens (tertiary/aromatic N) is 2. The molecule has 1 aliphatic rings. The molecule has 1 N–H and O–H groups in total. The fourth-order valence-electron chi connectivity index (χ4n) is 3.80. The standard InChI is InChI=1S/C25H33N3O5S/c1-31-13-14-33-16-15-32-12-9-27-34(29,30)25(20-26)18-21-5-6-23-19-24(8-7-22(23)17-21)28-10-3-2-4-11-28/h5-8,17-19,27H,2-4,9-16H2,1H3/b25-18+. The highest BCUT2D eigenvalue weighted by atomic mass is 32.2. The number of benzene rings is 2. The maximum atomic E-state index is 12.6. The van der Waals surface area contributed by atoms with Gasteiger partial charge in [-0.05, 0) is 59.9 Å². The van der Waals surface area contributed by atoms with Gasteiger partial charge < -0.3 is 19.1 Å². The van der Waals surface area contributed by atoms with Crippen molar-refractivity contribution in [1.29, 1.82) is 5.26 Å². The summed E-state index contributed by atoms with van der Waals surface area (Å²) in [6.45, 7) is 4.16. The largest absolute Gasteiger partial charge is 0.382 e. The van der Waals surface area contributed by atoms with E-state index in [1.165, 1.54) is 31.0 Å².